The van der Waals surface area contributed by atoms with Gasteiger partial charge in [-0.2, -0.15) is 0 Å². The lowest BCUT2D eigenvalue weighted by atomic mass is 9.88. The van der Waals surface area contributed by atoms with Crippen molar-refractivity contribution in [1.29, 1.82) is 0 Å². The Labute approximate surface area is 152 Å². The second-order valence-electron chi connectivity index (χ2n) is 7.04. The van der Waals surface area contributed by atoms with Crippen LogP contribution in [0.25, 0.3) is 0 Å². The predicted molar refractivity (Wildman–Crippen MR) is 96.8 cm³/mol. The van der Waals surface area contributed by atoms with Crippen molar-refractivity contribution in [2.75, 3.05) is 44.7 Å². The van der Waals surface area contributed by atoms with Crippen LogP contribution in [0, 0.1) is 5.92 Å². The third kappa shape index (κ3) is 3.15. The van der Waals surface area contributed by atoms with E-state index in [2.05, 4.69) is 21.1 Å². The molecule has 2 amide bonds. The Balaban J connectivity index is 1.42. The largest absolute Gasteiger partial charge is 0.490 e. The van der Waals surface area contributed by atoms with Crippen LogP contribution in [0.2, 0.25) is 0 Å². The number of carbonyl (C=O) groups excluding carboxylic acids is 2. The first-order chi connectivity index (χ1) is 12.7. The Morgan fingerprint density at radius 1 is 1.27 bits per heavy atom. The molecule has 0 spiro atoms. The number of hydrazine groups is 1. The zero-order chi connectivity index (χ0) is 18.1. The number of ether oxygens (including phenoxy) is 1. The maximum atomic E-state index is 12.9. The fourth-order valence-corrected chi connectivity index (χ4v) is 4.14. The number of para-hydroxylation sites is 2. The van der Waals surface area contributed by atoms with E-state index in [0.717, 1.165) is 30.9 Å². The Kier molecular flexibility index (Phi) is 4.80. The summed E-state index contributed by atoms with van der Waals surface area (Å²) in [4.78, 5) is 28.9. The Hall–Kier alpha value is -2.16. The molecule has 8 nitrogen and oxygen atoms in total. The van der Waals surface area contributed by atoms with Crippen molar-refractivity contribution in [1.82, 2.24) is 21.1 Å². The fourth-order valence-electron chi connectivity index (χ4n) is 4.14. The van der Waals surface area contributed by atoms with Crippen molar-refractivity contribution >= 4 is 17.5 Å². The van der Waals surface area contributed by atoms with Gasteiger partial charge in [0.1, 0.15) is 18.4 Å². The Morgan fingerprint density at radius 2 is 2.12 bits per heavy atom. The lowest BCUT2D eigenvalue weighted by molar-refractivity contribution is -0.123. The number of hydrogen-bond donors (Lipinski definition) is 3. The van der Waals surface area contributed by atoms with Crippen LogP contribution in [0.3, 0.4) is 0 Å². The number of likely N-dealkylation sites (tertiary alicyclic amines) is 1. The molecule has 2 saturated heterocycles. The minimum atomic E-state index is -0.257. The summed E-state index contributed by atoms with van der Waals surface area (Å²) < 4.78 is 5.63. The van der Waals surface area contributed by atoms with Gasteiger partial charge >= 0.3 is 0 Å². The summed E-state index contributed by atoms with van der Waals surface area (Å²) in [6.45, 7) is 3.01. The standard InChI is InChI=1S/C18H25N5O3/c1-19-18(25)17-12-10-22(7-6-13(12)20-21-17)11-16(24)23-8-9-26-15-5-3-2-4-14(15)23/h2-5,12-13,17,20-21H,6-11H2,1H3,(H,19,25). The second-order valence-corrected chi connectivity index (χ2v) is 7.04. The molecule has 0 saturated carbocycles. The molecular weight excluding hydrogens is 334 g/mol. The fraction of sp³-hybridized carbons (Fsp3) is 0.556. The molecule has 1 aromatic rings. The molecule has 140 valence electrons. The molecule has 3 heterocycles. The number of anilines is 1. The van der Waals surface area contributed by atoms with Crippen molar-refractivity contribution in [2.45, 2.75) is 18.5 Å². The molecule has 3 aliphatic rings. The van der Waals surface area contributed by atoms with E-state index in [1.165, 1.54) is 0 Å². The number of likely N-dealkylation sites (N-methyl/N-ethyl adjacent to an activating group) is 1. The van der Waals surface area contributed by atoms with E-state index in [1.807, 2.05) is 29.2 Å². The highest BCUT2D eigenvalue weighted by atomic mass is 16.5. The molecule has 3 atom stereocenters. The van der Waals surface area contributed by atoms with E-state index < -0.39 is 0 Å². The molecular formula is C18H25N5O3. The third-order valence-electron chi connectivity index (χ3n) is 5.51. The first kappa shape index (κ1) is 17.3. The van der Waals surface area contributed by atoms with Gasteiger partial charge in [-0.15, -0.1) is 0 Å². The first-order valence-corrected chi connectivity index (χ1v) is 9.14. The van der Waals surface area contributed by atoms with Gasteiger partial charge in [-0.1, -0.05) is 12.1 Å². The van der Waals surface area contributed by atoms with Crippen LogP contribution < -0.4 is 25.8 Å². The van der Waals surface area contributed by atoms with E-state index in [4.69, 9.17) is 4.74 Å². The summed E-state index contributed by atoms with van der Waals surface area (Å²) in [5.41, 5.74) is 7.16. The molecule has 0 aromatic heterocycles. The van der Waals surface area contributed by atoms with Crippen LogP contribution in [0.4, 0.5) is 5.69 Å². The Morgan fingerprint density at radius 3 is 2.96 bits per heavy atom. The monoisotopic (exact) mass is 359 g/mol. The van der Waals surface area contributed by atoms with E-state index in [1.54, 1.807) is 7.05 Å². The number of carbonyl (C=O) groups is 2. The highest BCUT2D eigenvalue weighted by molar-refractivity contribution is 5.96. The number of fused-ring (bicyclic) bond motifs is 2. The second kappa shape index (κ2) is 7.22. The van der Waals surface area contributed by atoms with Crippen molar-refractivity contribution < 1.29 is 14.3 Å². The van der Waals surface area contributed by atoms with Crippen LogP contribution in [0.15, 0.2) is 24.3 Å². The van der Waals surface area contributed by atoms with Gasteiger partial charge in [0.15, 0.2) is 0 Å². The highest BCUT2D eigenvalue weighted by Gasteiger charge is 2.43. The van der Waals surface area contributed by atoms with Gasteiger partial charge in [0.2, 0.25) is 11.8 Å². The summed E-state index contributed by atoms with van der Waals surface area (Å²) in [5.74, 6) is 0.984. The summed E-state index contributed by atoms with van der Waals surface area (Å²) in [6, 6.07) is 7.66. The summed E-state index contributed by atoms with van der Waals surface area (Å²) >= 11 is 0. The maximum Gasteiger partial charge on any atom is 0.241 e. The maximum absolute atomic E-state index is 12.9. The molecule has 26 heavy (non-hydrogen) atoms. The zero-order valence-electron chi connectivity index (χ0n) is 14.9. The quantitative estimate of drug-likeness (QED) is 0.663. The molecule has 0 aliphatic carbocycles. The molecule has 3 N–H and O–H groups in total. The van der Waals surface area contributed by atoms with Crippen molar-refractivity contribution in [3.63, 3.8) is 0 Å². The summed E-state index contributed by atoms with van der Waals surface area (Å²) in [5, 5.41) is 2.71. The minimum absolute atomic E-state index is 0.0136. The molecule has 4 rings (SSSR count). The van der Waals surface area contributed by atoms with Gasteiger partial charge in [-0.05, 0) is 18.6 Å². The van der Waals surface area contributed by atoms with Crippen molar-refractivity contribution in [3.05, 3.63) is 24.3 Å². The molecule has 3 aliphatic heterocycles. The number of nitrogens with one attached hydrogen (secondary N) is 3. The van der Waals surface area contributed by atoms with Gasteiger partial charge in [0, 0.05) is 32.1 Å². The molecule has 3 unspecified atom stereocenters. The van der Waals surface area contributed by atoms with Crippen LogP contribution in [-0.2, 0) is 9.59 Å². The third-order valence-corrected chi connectivity index (χ3v) is 5.51. The number of piperidine rings is 1. The van der Waals surface area contributed by atoms with Crippen LogP contribution in [-0.4, -0.2) is 68.6 Å². The number of amides is 2. The highest BCUT2D eigenvalue weighted by Crippen LogP contribution is 2.31. The van der Waals surface area contributed by atoms with Gasteiger partial charge in [0.25, 0.3) is 0 Å². The number of benzene rings is 1. The average Bonchev–Trinajstić information content (AvgIpc) is 3.10. The number of rotatable bonds is 3. The molecule has 8 heteroatoms. The lowest BCUT2D eigenvalue weighted by Gasteiger charge is -2.37. The topological polar surface area (TPSA) is 85.9 Å². The SMILES string of the molecule is CNC(=O)C1NNC2CCN(CC(=O)N3CCOc4ccccc43)CC21. The molecule has 1 aromatic carbocycles. The van der Waals surface area contributed by atoms with Gasteiger partial charge in [-0.25, -0.2) is 5.43 Å². The minimum Gasteiger partial charge on any atom is -0.490 e. The van der Waals surface area contributed by atoms with E-state index in [-0.39, 0.29) is 29.8 Å². The predicted octanol–water partition coefficient (Wildman–Crippen LogP) is -0.675. The molecule has 0 radical (unpaired) electrons. The Bertz CT molecular complexity index is 697. The van der Waals surface area contributed by atoms with Crippen molar-refractivity contribution in [3.8, 4) is 5.75 Å². The van der Waals surface area contributed by atoms with E-state index in [9.17, 15) is 9.59 Å². The van der Waals surface area contributed by atoms with E-state index in [0.29, 0.717) is 19.7 Å². The summed E-state index contributed by atoms with van der Waals surface area (Å²) in [7, 11) is 1.65. The van der Waals surface area contributed by atoms with Gasteiger partial charge < -0.3 is 15.0 Å². The van der Waals surface area contributed by atoms with E-state index >= 15 is 0 Å². The number of nitrogens with zero attached hydrogens (tertiary/aromatic N) is 2. The van der Waals surface area contributed by atoms with Gasteiger partial charge in [0.05, 0.1) is 18.8 Å². The van der Waals surface area contributed by atoms with Crippen LogP contribution >= 0.6 is 0 Å². The lowest BCUT2D eigenvalue weighted by Crippen LogP contribution is -2.52. The first-order valence-electron chi connectivity index (χ1n) is 9.14. The molecule has 0 bridgehead atoms. The normalized spacial score (nSPS) is 28.0. The number of hydrogen-bond acceptors (Lipinski definition) is 6. The zero-order valence-corrected chi connectivity index (χ0v) is 14.9. The average molecular weight is 359 g/mol. The van der Waals surface area contributed by atoms with Crippen LogP contribution in [0.1, 0.15) is 6.42 Å². The van der Waals surface area contributed by atoms with Crippen LogP contribution in [0.5, 0.6) is 5.75 Å². The van der Waals surface area contributed by atoms with Crippen molar-refractivity contribution in [2.24, 2.45) is 5.92 Å². The van der Waals surface area contributed by atoms with Gasteiger partial charge in [-0.3, -0.25) is 19.9 Å². The smallest absolute Gasteiger partial charge is 0.241 e. The summed E-state index contributed by atoms with van der Waals surface area (Å²) in [6.07, 6.45) is 0.915. The molecule has 2 fully saturated rings.